The Morgan fingerprint density at radius 1 is 0.966 bits per heavy atom. The van der Waals surface area contributed by atoms with Gasteiger partial charge in [0.15, 0.2) is 0 Å². The molecule has 0 aliphatic carbocycles. The van der Waals surface area contributed by atoms with Crippen molar-refractivity contribution < 1.29 is 14.3 Å². The number of nitrogens with one attached hydrogen (secondary N) is 3. The summed E-state index contributed by atoms with van der Waals surface area (Å²) in [5, 5.41) is 8.83. The molecule has 29 heavy (non-hydrogen) atoms. The molecule has 2 aromatic carbocycles. The lowest BCUT2D eigenvalue weighted by molar-refractivity contribution is -0.114. The van der Waals surface area contributed by atoms with Gasteiger partial charge in [0.05, 0.1) is 13.2 Å². The monoisotopic (exact) mass is 397 g/mol. The first-order valence-electron chi connectivity index (χ1n) is 10.2. The largest absolute Gasteiger partial charge is 0.494 e. The van der Waals surface area contributed by atoms with Crippen molar-refractivity contribution in [2.45, 2.75) is 46.1 Å². The van der Waals surface area contributed by atoms with Crippen LogP contribution < -0.4 is 20.7 Å². The zero-order chi connectivity index (χ0) is 21.1. The molecular weight excluding hydrogens is 366 g/mol. The summed E-state index contributed by atoms with van der Waals surface area (Å²) >= 11 is 0. The second kappa shape index (κ2) is 11.7. The second-order valence-electron chi connectivity index (χ2n) is 6.99. The molecule has 0 saturated carbocycles. The van der Waals surface area contributed by atoms with Gasteiger partial charge in [-0.1, -0.05) is 20.3 Å². The Hall–Kier alpha value is -3.02. The molecule has 0 aliphatic heterocycles. The van der Waals surface area contributed by atoms with Crippen molar-refractivity contribution in [2.24, 2.45) is 0 Å². The zero-order valence-electron chi connectivity index (χ0n) is 17.5. The lowest BCUT2D eigenvalue weighted by Crippen LogP contribution is -2.31. The van der Waals surface area contributed by atoms with Gasteiger partial charge in [0.25, 0.3) is 5.91 Å². The van der Waals surface area contributed by atoms with Gasteiger partial charge in [-0.2, -0.15) is 0 Å². The van der Waals surface area contributed by atoms with Crippen molar-refractivity contribution in [1.29, 1.82) is 0 Å². The first-order valence-corrected chi connectivity index (χ1v) is 10.2. The van der Waals surface area contributed by atoms with Gasteiger partial charge in [-0.15, -0.1) is 0 Å². The summed E-state index contributed by atoms with van der Waals surface area (Å²) in [6.07, 6.45) is 3.00. The molecule has 6 nitrogen and oxygen atoms in total. The Bertz CT molecular complexity index is 773. The zero-order valence-corrected chi connectivity index (χ0v) is 17.5. The fraction of sp³-hybridized carbons (Fsp3) is 0.391. The van der Waals surface area contributed by atoms with E-state index in [1.807, 2.05) is 38.1 Å². The van der Waals surface area contributed by atoms with Gasteiger partial charge in [0.1, 0.15) is 5.75 Å². The molecule has 1 atom stereocenters. The highest BCUT2D eigenvalue weighted by molar-refractivity contribution is 5.95. The number of ether oxygens (including phenoxy) is 1. The van der Waals surface area contributed by atoms with Crippen LogP contribution in [-0.4, -0.2) is 31.0 Å². The van der Waals surface area contributed by atoms with Gasteiger partial charge >= 0.3 is 0 Å². The Balaban J connectivity index is 1.78. The van der Waals surface area contributed by atoms with Crippen LogP contribution in [0, 0.1) is 0 Å². The van der Waals surface area contributed by atoms with Crippen LogP contribution in [-0.2, 0) is 4.79 Å². The number of unbranched alkanes of at least 4 members (excludes halogenated alkanes) is 1. The normalized spacial score (nSPS) is 11.4. The highest BCUT2D eigenvalue weighted by atomic mass is 16.5. The van der Waals surface area contributed by atoms with Crippen LogP contribution in [0.25, 0.3) is 0 Å². The van der Waals surface area contributed by atoms with Crippen LogP contribution in [0.4, 0.5) is 11.4 Å². The molecule has 0 fully saturated rings. The highest BCUT2D eigenvalue weighted by Crippen LogP contribution is 2.16. The number of carbonyl (C=O) groups is 2. The third kappa shape index (κ3) is 7.86. The molecule has 0 bridgehead atoms. The number of amides is 2. The van der Waals surface area contributed by atoms with Crippen molar-refractivity contribution in [3.8, 4) is 5.75 Å². The van der Waals surface area contributed by atoms with E-state index in [0.717, 1.165) is 36.4 Å². The van der Waals surface area contributed by atoms with Crippen LogP contribution >= 0.6 is 0 Å². The number of carbonyl (C=O) groups excluding carboxylic acids is 2. The summed E-state index contributed by atoms with van der Waals surface area (Å²) in [7, 11) is 0. The van der Waals surface area contributed by atoms with Crippen molar-refractivity contribution in [3.63, 3.8) is 0 Å². The SMILES string of the molecule is CCCCOc1ccc(NC(=O)CNc2ccc(C(=O)NC(C)CC)cc2)cc1. The first kappa shape index (κ1) is 22.3. The van der Waals surface area contributed by atoms with Crippen LogP contribution in [0.15, 0.2) is 48.5 Å². The van der Waals surface area contributed by atoms with Crippen molar-refractivity contribution in [2.75, 3.05) is 23.8 Å². The number of rotatable bonds is 11. The summed E-state index contributed by atoms with van der Waals surface area (Å²) in [6.45, 7) is 6.95. The van der Waals surface area contributed by atoms with Crippen molar-refractivity contribution in [3.05, 3.63) is 54.1 Å². The first-order chi connectivity index (χ1) is 14.0. The van der Waals surface area contributed by atoms with Crippen LogP contribution in [0.5, 0.6) is 5.75 Å². The van der Waals surface area contributed by atoms with Gasteiger partial charge in [-0.25, -0.2) is 0 Å². The maximum atomic E-state index is 12.1. The predicted octanol–water partition coefficient (Wildman–Crippen LogP) is 4.44. The van der Waals surface area contributed by atoms with E-state index in [2.05, 4.69) is 22.9 Å². The highest BCUT2D eigenvalue weighted by Gasteiger charge is 2.08. The fourth-order valence-corrected chi connectivity index (χ4v) is 2.51. The minimum atomic E-state index is -0.150. The van der Waals surface area contributed by atoms with E-state index in [9.17, 15) is 9.59 Å². The van der Waals surface area contributed by atoms with Gasteiger partial charge in [-0.3, -0.25) is 9.59 Å². The van der Waals surface area contributed by atoms with Crippen molar-refractivity contribution in [1.82, 2.24) is 5.32 Å². The molecule has 0 aliphatic rings. The minimum absolute atomic E-state index is 0.0919. The number of hydrogen-bond acceptors (Lipinski definition) is 4. The van der Waals surface area contributed by atoms with Crippen LogP contribution in [0.3, 0.4) is 0 Å². The summed E-state index contributed by atoms with van der Waals surface area (Å²) in [6, 6.07) is 14.6. The van der Waals surface area contributed by atoms with Gasteiger partial charge in [0, 0.05) is 23.0 Å². The molecule has 0 heterocycles. The summed E-state index contributed by atoms with van der Waals surface area (Å²) < 4.78 is 5.61. The number of anilines is 2. The van der Waals surface area contributed by atoms with E-state index in [4.69, 9.17) is 4.74 Å². The van der Waals surface area contributed by atoms with Crippen molar-refractivity contribution >= 4 is 23.2 Å². The fourth-order valence-electron chi connectivity index (χ4n) is 2.51. The topological polar surface area (TPSA) is 79.5 Å². The minimum Gasteiger partial charge on any atom is -0.494 e. The summed E-state index contributed by atoms with van der Waals surface area (Å²) in [4.78, 5) is 24.2. The molecule has 2 aromatic rings. The standard InChI is InChI=1S/C23H31N3O3/c1-4-6-15-29-21-13-11-20(12-14-21)26-22(27)16-24-19-9-7-18(8-10-19)23(28)25-17(3)5-2/h7-14,17,24H,4-6,15-16H2,1-3H3,(H,25,28)(H,26,27). The molecule has 0 saturated heterocycles. The lowest BCUT2D eigenvalue weighted by Gasteiger charge is -2.12. The molecule has 2 rings (SSSR count). The molecular formula is C23H31N3O3. The number of hydrogen-bond donors (Lipinski definition) is 3. The lowest BCUT2D eigenvalue weighted by atomic mass is 10.1. The Morgan fingerprint density at radius 2 is 1.62 bits per heavy atom. The van der Waals surface area contributed by atoms with Gasteiger partial charge < -0.3 is 20.7 Å². The molecule has 0 radical (unpaired) electrons. The molecule has 0 aromatic heterocycles. The number of benzene rings is 2. The molecule has 6 heteroatoms. The van der Waals surface area contributed by atoms with E-state index in [-0.39, 0.29) is 24.4 Å². The molecule has 2 amide bonds. The third-order valence-electron chi connectivity index (χ3n) is 4.49. The molecule has 3 N–H and O–H groups in total. The van der Waals surface area contributed by atoms with Gasteiger partial charge in [-0.05, 0) is 68.3 Å². The summed E-state index contributed by atoms with van der Waals surface area (Å²) in [5.74, 6) is 0.557. The van der Waals surface area contributed by atoms with Crippen LogP contribution in [0.2, 0.25) is 0 Å². The predicted molar refractivity (Wildman–Crippen MR) is 118 cm³/mol. The molecule has 0 spiro atoms. The third-order valence-corrected chi connectivity index (χ3v) is 4.49. The second-order valence-corrected chi connectivity index (χ2v) is 6.99. The Morgan fingerprint density at radius 3 is 2.24 bits per heavy atom. The average molecular weight is 398 g/mol. The van der Waals surface area contributed by atoms with E-state index in [1.165, 1.54) is 0 Å². The molecule has 1 unspecified atom stereocenters. The Kier molecular flexibility index (Phi) is 9.02. The van der Waals surface area contributed by atoms with E-state index >= 15 is 0 Å². The van der Waals surface area contributed by atoms with E-state index < -0.39 is 0 Å². The smallest absolute Gasteiger partial charge is 0.251 e. The van der Waals surface area contributed by atoms with Gasteiger partial charge in [0.2, 0.25) is 5.91 Å². The van der Waals surface area contributed by atoms with Crippen LogP contribution in [0.1, 0.15) is 50.4 Å². The summed E-state index contributed by atoms with van der Waals surface area (Å²) in [5.41, 5.74) is 2.10. The maximum Gasteiger partial charge on any atom is 0.251 e. The quantitative estimate of drug-likeness (QED) is 0.490. The Labute approximate surface area is 173 Å². The maximum absolute atomic E-state index is 12.1. The average Bonchev–Trinajstić information content (AvgIpc) is 2.74. The molecule has 156 valence electrons. The van der Waals surface area contributed by atoms with E-state index in [1.54, 1.807) is 24.3 Å². The van der Waals surface area contributed by atoms with E-state index in [0.29, 0.717) is 12.2 Å².